The third-order valence-corrected chi connectivity index (χ3v) is 6.29. The van der Waals surface area contributed by atoms with Gasteiger partial charge in [-0.2, -0.15) is 0 Å². The number of aryl methyl sites for hydroxylation is 1. The van der Waals surface area contributed by atoms with Gasteiger partial charge in [-0.15, -0.1) is 0 Å². The zero-order valence-electron chi connectivity index (χ0n) is 19.3. The first kappa shape index (κ1) is 21.5. The van der Waals surface area contributed by atoms with E-state index in [4.69, 9.17) is 4.74 Å². The fourth-order valence-electron chi connectivity index (χ4n) is 4.39. The summed E-state index contributed by atoms with van der Waals surface area (Å²) in [5.41, 5.74) is 6.60. The SMILES string of the molecule is Cc1ccc2[nH]c3c(c2c1)CCN(C(=O)CCCOc1ccc(C(C)(C)C)cc1)CC3. The van der Waals surface area contributed by atoms with Crippen LogP contribution in [0.5, 0.6) is 5.75 Å². The third-order valence-electron chi connectivity index (χ3n) is 6.29. The van der Waals surface area contributed by atoms with Gasteiger partial charge in [0.05, 0.1) is 6.61 Å². The van der Waals surface area contributed by atoms with Crippen molar-refractivity contribution in [1.82, 2.24) is 9.88 Å². The van der Waals surface area contributed by atoms with E-state index in [1.165, 1.54) is 33.3 Å². The number of rotatable bonds is 5. The van der Waals surface area contributed by atoms with E-state index in [0.29, 0.717) is 13.0 Å². The predicted molar refractivity (Wildman–Crippen MR) is 127 cm³/mol. The second-order valence-corrected chi connectivity index (χ2v) is 9.74. The predicted octanol–water partition coefficient (Wildman–Crippen LogP) is 5.56. The molecule has 0 atom stereocenters. The normalized spacial score (nSPS) is 14.4. The minimum Gasteiger partial charge on any atom is -0.494 e. The van der Waals surface area contributed by atoms with Gasteiger partial charge in [0, 0.05) is 42.5 Å². The zero-order valence-corrected chi connectivity index (χ0v) is 19.3. The van der Waals surface area contributed by atoms with Crippen LogP contribution in [0.1, 0.15) is 56.0 Å². The van der Waals surface area contributed by atoms with Gasteiger partial charge in [0.2, 0.25) is 5.91 Å². The minimum absolute atomic E-state index is 0.142. The molecule has 1 aliphatic rings. The van der Waals surface area contributed by atoms with Crippen molar-refractivity contribution in [2.24, 2.45) is 0 Å². The molecule has 0 aliphatic carbocycles. The highest BCUT2D eigenvalue weighted by Crippen LogP contribution is 2.27. The molecule has 1 N–H and O–H groups in total. The Balaban J connectivity index is 1.26. The highest BCUT2D eigenvalue weighted by molar-refractivity contribution is 5.85. The number of aromatic nitrogens is 1. The summed E-state index contributed by atoms with van der Waals surface area (Å²) in [6.07, 6.45) is 3.09. The fourth-order valence-corrected chi connectivity index (χ4v) is 4.39. The molecule has 31 heavy (non-hydrogen) atoms. The van der Waals surface area contributed by atoms with Gasteiger partial charge in [-0.1, -0.05) is 44.5 Å². The summed E-state index contributed by atoms with van der Waals surface area (Å²) < 4.78 is 5.86. The number of hydrogen-bond donors (Lipinski definition) is 1. The average molecular weight is 419 g/mol. The lowest BCUT2D eigenvalue weighted by molar-refractivity contribution is -0.131. The number of ether oxygens (including phenoxy) is 1. The Morgan fingerprint density at radius 2 is 1.81 bits per heavy atom. The molecule has 1 aromatic heterocycles. The maximum Gasteiger partial charge on any atom is 0.222 e. The Kier molecular flexibility index (Phi) is 6.08. The number of benzene rings is 2. The second kappa shape index (κ2) is 8.78. The van der Waals surface area contributed by atoms with Gasteiger partial charge in [-0.05, 0) is 60.6 Å². The van der Waals surface area contributed by atoms with Crippen LogP contribution in [0.3, 0.4) is 0 Å². The highest BCUT2D eigenvalue weighted by Gasteiger charge is 2.21. The Bertz CT molecular complexity index is 1060. The quantitative estimate of drug-likeness (QED) is 0.551. The minimum atomic E-state index is 0.142. The van der Waals surface area contributed by atoms with Gasteiger partial charge in [-0.3, -0.25) is 4.79 Å². The van der Waals surface area contributed by atoms with E-state index in [0.717, 1.165) is 38.1 Å². The molecule has 1 amide bonds. The molecule has 2 heterocycles. The number of nitrogens with one attached hydrogen (secondary N) is 1. The second-order valence-electron chi connectivity index (χ2n) is 9.74. The van der Waals surface area contributed by atoms with Gasteiger partial charge in [-0.25, -0.2) is 0 Å². The van der Waals surface area contributed by atoms with Gasteiger partial charge in [0.25, 0.3) is 0 Å². The van der Waals surface area contributed by atoms with Crippen molar-refractivity contribution in [3.05, 3.63) is 64.8 Å². The van der Waals surface area contributed by atoms with Crippen molar-refractivity contribution in [2.45, 2.75) is 58.8 Å². The molecule has 1 aliphatic heterocycles. The number of fused-ring (bicyclic) bond motifs is 3. The van der Waals surface area contributed by atoms with Crippen molar-refractivity contribution in [3.8, 4) is 5.75 Å². The number of aromatic amines is 1. The van der Waals surface area contributed by atoms with Crippen LogP contribution in [-0.2, 0) is 23.1 Å². The van der Waals surface area contributed by atoms with Crippen LogP contribution >= 0.6 is 0 Å². The Morgan fingerprint density at radius 1 is 1.06 bits per heavy atom. The molecule has 0 saturated carbocycles. The van der Waals surface area contributed by atoms with Crippen molar-refractivity contribution in [2.75, 3.05) is 19.7 Å². The van der Waals surface area contributed by atoms with Crippen LogP contribution in [0.15, 0.2) is 42.5 Å². The van der Waals surface area contributed by atoms with Crippen LogP contribution < -0.4 is 4.74 Å². The number of nitrogens with zero attached hydrogens (tertiary/aromatic N) is 1. The van der Waals surface area contributed by atoms with E-state index in [-0.39, 0.29) is 11.3 Å². The lowest BCUT2D eigenvalue weighted by atomic mass is 9.87. The van der Waals surface area contributed by atoms with E-state index in [2.05, 4.69) is 63.0 Å². The number of hydrogen-bond acceptors (Lipinski definition) is 2. The number of carbonyl (C=O) groups is 1. The lowest BCUT2D eigenvalue weighted by Gasteiger charge is -2.20. The molecule has 4 heteroatoms. The van der Waals surface area contributed by atoms with Crippen LogP contribution in [0.25, 0.3) is 10.9 Å². The van der Waals surface area contributed by atoms with Crippen molar-refractivity contribution in [3.63, 3.8) is 0 Å². The van der Waals surface area contributed by atoms with Crippen LogP contribution in [0, 0.1) is 6.92 Å². The largest absolute Gasteiger partial charge is 0.494 e. The van der Waals surface area contributed by atoms with Gasteiger partial charge < -0.3 is 14.6 Å². The third kappa shape index (κ3) is 4.95. The molecule has 4 rings (SSSR count). The molecule has 0 bridgehead atoms. The summed E-state index contributed by atoms with van der Waals surface area (Å²) in [6, 6.07) is 14.9. The summed E-state index contributed by atoms with van der Waals surface area (Å²) in [5.74, 6) is 1.10. The van der Waals surface area contributed by atoms with E-state index < -0.39 is 0 Å². The summed E-state index contributed by atoms with van der Waals surface area (Å²) in [5, 5.41) is 1.31. The maximum absolute atomic E-state index is 12.8. The Morgan fingerprint density at radius 3 is 2.55 bits per heavy atom. The number of amides is 1. The Labute approximate surface area is 185 Å². The molecule has 3 aromatic rings. The van der Waals surface area contributed by atoms with E-state index in [1.54, 1.807) is 0 Å². The smallest absolute Gasteiger partial charge is 0.222 e. The van der Waals surface area contributed by atoms with Crippen molar-refractivity contribution >= 4 is 16.8 Å². The molecule has 2 aromatic carbocycles. The summed E-state index contributed by atoms with van der Waals surface area (Å²) in [4.78, 5) is 18.4. The molecule has 4 nitrogen and oxygen atoms in total. The first-order valence-electron chi connectivity index (χ1n) is 11.4. The molecular formula is C27H34N2O2. The van der Waals surface area contributed by atoms with E-state index in [9.17, 15) is 4.79 Å². The summed E-state index contributed by atoms with van der Waals surface area (Å²) >= 11 is 0. The molecule has 0 radical (unpaired) electrons. The summed E-state index contributed by atoms with van der Waals surface area (Å²) in [7, 11) is 0. The fraction of sp³-hybridized carbons (Fsp3) is 0.444. The summed E-state index contributed by atoms with van der Waals surface area (Å²) in [6.45, 7) is 10.9. The number of H-pyrrole nitrogens is 1. The van der Waals surface area contributed by atoms with E-state index >= 15 is 0 Å². The monoisotopic (exact) mass is 418 g/mol. The molecule has 0 saturated heterocycles. The molecule has 0 spiro atoms. The van der Waals surface area contributed by atoms with Crippen LogP contribution in [0.2, 0.25) is 0 Å². The van der Waals surface area contributed by atoms with Crippen LogP contribution in [-0.4, -0.2) is 35.5 Å². The van der Waals surface area contributed by atoms with E-state index in [1.807, 2.05) is 17.0 Å². The molecule has 0 fully saturated rings. The molecular weight excluding hydrogens is 384 g/mol. The average Bonchev–Trinajstić information content (AvgIpc) is 2.93. The maximum atomic E-state index is 12.8. The topological polar surface area (TPSA) is 45.3 Å². The first-order chi connectivity index (χ1) is 14.8. The highest BCUT2D eigenvalue weighted by atomic mass is 16.5. The standard InChI is InChI=1S/C27H34N2O2/c1-19-7-12-24-23(18-19)22-13-15-29(16-14-25(22)28-24)26(30)6-5-17-31-21-10-8-20(9-11-21)27(2,3)4/h7-12,18,28H,5-6,13-17H2,1-4H3. The van der Waals surface area contributed by atoms with Gasteiger partial charge in [0.15, 0.2) is 0 Å². The first-order valence-corrected chi connectivity index (χ1v) is 11.4. The zero-order chi connectivity index (χ0) is 22.0. The number of carbonyl (C=O) groups excluding carboxylic acids is 1. The van der Waals surface area contributed by atoms with Gasteiger partial charge in [0.1, 0.15) is 5.75 Å². The molecule has 0 unspecified atom stereocenters. The van der Waals surface area contributed by atoms with Crippen LogP contribution in [0.4, 0.5) is 0 Å². The lowest BCUT2D eigenvalue weighted by Crippen LogP contribution is -2.33. The van der Waals surface area contributed by atoms with Crippen molar-refractivity contribution in [1.29, 1.82) is 0 Å². The Hall–Kier alpha value is -2.75. The van der Waals surface area contributed by atoms with Gasteiger partial charge >= 0.3 is 0 Å². The molecule has 164 valence electrons. The van der Waals surface area contributed by atoms with Crippen molar-refractivity contribution < 1.29 is 9.53 Å².